The van der Waals surface area contributed by atoms with Crippen LogP contribution >= 0.6 is 28.9 Å². The van der Waals surface area contributed by atoms with Crippen molar-refractivity contribution in [2.24, 2.45) is 0 Å². The highest BCUT2D eigenvalue weighted by molar-refractivity contribution is 7.89. The van der Waals surface area contributed by atoms with Crippen LogP contribution in [0.25, 0.3) is 64.6 Å². The van der Waals surface area contributed by atoms with Gasteiger partial charge in [0.2, 0.25) is 7.49 Å². The van der Waals surface area contributed by atoms with Crippen LogP contribution in [0.2, 0.25) is 0 Å². The molecule has 0 spiro atoms. The van der Waals surface area contributed by atoms with Crippen molar-refractivity contribution < 1.29 is 18.6 Å². The summed E-state index contributed by atoms with van der Waals surface area (Å²) in [7, 11) is -14.9. The van der Waals surface area contributed by atoms with Crippen LogP contribution in [0.3, 0.4) is 0 Å². The van der Waals surface area contributed by atoms with Crippen LogP contribution in [0.5, 0.6) is 0 Å². The van der Waals surface area contributed by atoms with E-state index in [1.54, 1.807) is 0 Å². The van der Waals surface area contributed by atoms with E-state index in [1.807, 2.05) is 292 Å². The van der Waals surface area contributed by atoms with Gasteiger partial charge in [0.1, 0.15) is 15.9 Å². The highest BCUT2D eigenvalue weighted by Gasteiger charge is 2.47. The summed E-state index contributed by atoms with van der Waals surface area (Å²) in [5, 5.41) is 18.9. The Morgan fingerprint density at radius 1 is 0.322 bits per heavy atom. The number of rotatable bonds is 14. The van der Waals surface area contributed by atoms with Gasteiger partial charge in [-0.1, -0.05) is 304 Å². The second-order valence-electron chi connectivity index (χ2n) is 22.0. The molecule has 0 bridgehead atoms. The summed E-state index contributed by atoms with van der Waals surface area (Å²) in [6, 6.07) is 99.8. The largest absolute Gasteiger partial charge is 0.309 e. The molecule has 14 aromatic rings. The SMILES string of the molecule is C=C(/C=C\C(=C/C)P(=O)(c1ccc(P(=O)(c2cccc3ccccc23)c2cccc3ccccc23)cc1)c1ccc(P(=O)(c2cccc3ccccc23)c2cccc3ccccc23)cc1)[P+](O)(c1cccc2ccccc12)c1cccc2ccccc12. The summed E-state index contributed by atoms with van der Waals surface area (Å²) >= 11 is 0. The highest BCUT2D eigenvalue weighted by Crippen LogP contribution is 2.63. The quantitative estimate of drug-likeness (QED) is 0.0870. The van der Waals surface area contributed by atoms with Crippen LogP contribution in [-0.2, 0) is 13.7 Å². The molecule has 1 N–H and O–H groups in total. The third-order valence-electron chi connectivity index (χ3n) is 17.3. The maximum absolute atomic E-state index is 17.5. The minimum absolute atomic E-state index is 0.476. The Labute approximate surface area is 507 Å². The summed E-state index contributed by atoms with van der Waals surface area (Å²) in [5.41, 5.74) is 0. The zero-order chi connectivity index (χ0) is 59.3. The van der Waals surface area contributed by atoms with Gasteiger partial charge in [-0.2, -0.15) is 0 Å². The van der Waals surface area contributed by atoms with Gasteiger partial charge in [-0.05, 0) is 85.1 Å². The summed E-state index contributed by atoms with van der Waals surface area (Å²) in [6.45, 7) is 6.63. The molecular weight excluding hydrogens is 1140 g/mol. The Bertz CT molecular complexity index is 4770. The monoisotopic (exact) mass is 1200 g/mol. The molecule has 418 valence electrons. The third-order valence-corrected chi connectivity index (χ3v) is 30.0. The second-order valence-corrected chi connectivity index (χ2v) is 33.0. The van der Waals surface area contributed by atoms with Gasteiger partial charge in [-0.15, -0.1) is 0 Å². The Morgan fingerprint density at radius 3 is 0.885 bits per heavy atom. The molecule has 0 saturated carbocycles. The molecule has 0 aliphatic rings. The van der Waals surface area contributed by atoms with Gasteiger partial charge in [-0.25, -0.2) is 4.89 Å². The van der Waals surface area contributed by atoms with Crippen LogP contribution in [0.1, 0.15) is 6.92 Å². The molecule has 0 amide bonds. The lowest BCUT2D eigenvalue weighted by Gasteiger charge is -2.26. The summed E-state index contributed by atoms with van der Waals surface area (Å²) < 4.78 is 51.3. The Hall–Kier alpha value is -9.06. The van der Waals surface area contributed by atoms with E-state index in [2.05, 4.69) is 36.4 Å². The lowest BCUT2D eigenvalue weighted by Crippen LogP contribution is -2.28. The van der Waals surface area contributed by atoms with Gasteiger partial charge in [-0.3, -0.25) is 0 Å². The number of hydrogen-bond donors (Lipinski definition) is 1. The summed E-state index contributed by atoms with van der Waals surface area (Å²) in [5.74, 6) is 0. The molecule has 0 unspecified atom stereocenters. The lowest BCUT2D eigenvalue weighted by atomic mass is 10.1. The van der Waals surface area contributed by atoms with Crippen LogP contribution in [0.15, 0.2) is 339 Å². The predicted molar refractivity (Wildman–Crippen MR) is 377 cm³/mol. The first-order chi connectivity index (χ1) is 42.5. The normalized spacial score (nSPS) is 12.7. The van der Waals surface area contributed by atoms with Crippen LogP contribution in [0.4, 0.5) is 0 Å². The Balaban J connectivity index is 0.967. The van der Waals surface area contributed by atoms with E-state index >= 15 is 13.7 Å². The van der Waals surface area contributed by atoms with Gasteiger partial charge in [0, 0.05) is 58.5 Å². The van der Waals surface area contributed by atoms with Gasteiger partial charge >= 0.3 is 0 Å². The van der Waals surface area contributed by atoms with E-state index in [0.29, 0.717) is 53.1 Å². The minimum atomic E-state index is -3.97. The molecule has 0 aromatic heterocycles. The van der Waals surface area contributed by atoms with Gasteiger partial charge < -0.3 is 13.7 Å². The molecule has 14 rings (SSSR count). The summed E-state index contributed by atoms with van der Waals surface area (Å²) in [6.07, 6.45) is 5.60. The van der Waals surface area contributed by atoms with Crippen molar-refractivity contribution in [2.45, 2.75) is 6.92 Å². The van der Waals surface area contributed by atoms with Crippen molar-refractivity contribution in [2.75, 3.05) is 0 Å². The van der Waals surface area contributed by atoms with E-state index in [-0.39, 0.29) is 0 Å². The predicted octanol–water partition coefficient (Wildman–Crippen LogP) is 16.7. The van der Waals surface area contributed by atoms with E-state index in [1.165, 1.54) is 0 Å². The molecule has 0 fully saturated rings. The first-order valence-corrected chi connectivity index (χ1v) is 36.0. The van der Waals surface area contributed by atoms with Crippen molar-refractivity contribution in [1.29, 1.82) is 0 Å². The molecule has 8 heteroatoms. The number of benzene rings is 14. The molecule has 0 heterocycles. The molecular formula is C79H59O4P4+. The standard InChI is InChI=1S/C79H59O4P4/c1-3-63(47-46-56(2)84(80,74-40-16-28-57-22-4-10-34-68(57)74)75-41-17-29-58-23-5-11-35-69(58)75)85(81,64-48-52-66(53-49-64)86(82,76-42-18-30-59-24-6-12-36-70(59)76)77-43-19-31-60-25-7-13-37-71(60)77)65-50-54-67(55-51-65)87(83,78-44-20-32-61-26-8-14-38-72(61)78)79-45-21-33-62-27-9-15-39-73(62)79/h3-55,80H,2H2,1H3/q+1/b47-46-,63-3+. The van der Waals surface area contributed by atoms with Crippen molar-refractivity contribution in [3.8, 4) is 0 Å². The topological polar surface area (TPSA) is 71.4 Å². The number of allylic oxidation sites excluding steroid dienone is 5. The fourth-order valence-electron chi connectivity index (χ4n) is 13.0. The zero-order valence-corrected chi connectivity index (χ0v) is 51.3. The van der Waals surface area contributed by atoms with E-state index in [0.717, 1.165) is 75.2 Å². The first-order valence-electron chi connectivity index (χ1n) is 29.1. The molecule has 0 aliphatic carbocycles. The van der Waals surface area contributed by atoms with Gasteiger partial charge in [0.05, 0.1) is 0 Å². The number of hydrogen-bond acceptors (Lipinski definition) is 4. The maximum Gasteiger partial charge on any atom is 0.239 e. The molecule has 0 aliphatic heterocycles. The van der Waals surface area contributed by atoms with Crippen molar-refractivity contribution in [3.63, 3.8) is 0 Å². The smallest absolute Gasteiger partial charge is 0.239 e. The maximum atomic E-state index is 17.5. The van der Waals surface area contributed by atoms with Crippen molar-refractivity contribution in [3.05, 3.63) is 339 Å². The molecule has 4 nitrogen and oxygen atoms in total. The second kappa shape index (κ2) is 22.7. The fraction of sp³-hybridized carbons (Fsp3) is 0.0127. The third kappa shape index (κ3) is 9.27. The molecule has 87 heavy (non-hydrogen) atoms. The lowest BCUT2D eigenvalue weighted by molar-refractivity contribution is 0.590. The average Bonchev–Trinajstić information content (AvgIpc) is 1.48. The van der Waals surface area contributed by atoms with Crippen molar-refractivity contribution in [1.82, 2.24) is 0 Å². The Kier molecular flexibility index (Phi) is 14.5. The van der Waals surface area contributed by atoms with Gasteiger partial charge in [0.25, 0.3) is 0 Å². The summed E-state index contributed by atoms with van der Waals surface area (Å²) in [4.78, 5) is 13.9. The van der Waals surface area contributed by atoms with Crippen LogP contribution in [0, 0.1) is 0 Å². The van der Waals surface area contributed by atoms with Crippen LogP contribution < -0.4 is 53.0 Å². The Morgan fingerprint density at radius 2 is 0.575 bits per heavy atom. The molecule has 0 saturated heterocycles. The average molecular weight is 1200 g/mol. The minimum Gasteiger partial charge on any atom is -0.309 e. The highest BCUT2D eigenvalue weighted by atomic mass is 31.2. The molecule has 0 radical (unpaired) electrons. The van der Waals surface area contributed by atoms with E-state index in [4.69, 9.17) is 6.58 Å². The van der Waals surface area contributed by atoms with E-state index in [9.17, 15) is 4.89 Å². The fourth-order valence-corrected chi connectivity index (χ4v) is 24.7. The zero-order valence-electron chi connectivity index (χ0n) is 47.8. The molecule has 0 atom stereocenters. The van der Waals surface area contributed by atoms with Crippen molar-refractivity contribution >= 4 is 147 Å². The van der Waals surface area contributed by atoms with E-state index < -0.39 is 28.9 Å². The van der Waals surface area contributed by atoms with Crippen LogP contribution in [-0.4, -0.2) is 4.89 Å². The number of fused-ring (bicyclic) bond motifs is 6. The van der Waals surface area contributed by atoms with Gasteiger partial charge in [0.15, 0.2) is 21.4 Å². The first kappa shape index (κ1) is 55.8. The molecule has 14 aromatic carbocycles.